The topological polar surface area (TPSA) is 26.0 Å². The van der Waals surface area contributed by atoms with Crippen LogP contribution in [-0.2, 0) is 0 Å². The lowest BCUT2D eigenvalue weighted by Gasteiger charge is -2.30. The van der Waals surface area contributed by atoms with Crippen molar-refractivity contribution in [2.24, 2.45) is 23.5 Å². The largest absolute Gasteiger partial charge is 0.330 e. The second kappa shape index (κ2) is 3.38. The predicted molar refractivity (Wildman–Crippen MR) is 44.7 cm³/mol. The zero-order valence-electron chi connectivity index (χ0n) is 7.14. The van der Waals surface area contributed by atoms with E-state index in [2.05, 4.69) is 13.8 Å². The smallest absolute Gasteiger partial charge is 0.00487 e. The fourth-order valence-corrected chi connectivity index (χ4v) is 2.31. The van der Waals surface area contributed by atoms with Crippen LogP contribution in [0.4, 0.5) is 0 Å². The van der Waals surface area contributed by atoms with E-state index in [1.165, 1.54) is 19.3 Å². The Labute approximate surface area is 64.0 Å². The van der Waals surface area contributed by atoms with Crippen LogP contribution >= 0.6 is 0 Å². The Morgan fingerprint density at radius 3 is 2.00 bits per heavy atom. The minimum absolute atomic E-state index is 0.818. The van der Waals surface area contributed by atoms with Crippen LogP contribution in [0.15, 0.2) is 0 Å². The van der Waals surface area contributed by atoms with Crippen LogP contribution in [0.1, 0.15) is 33.1 Å². The fraction of sp³-hybridized carbons (Fsp3) is 1.00. The SMILES string of the molecule is C[C@H]1CC(CN)C[C@H](C)C1. The molecule has 0 heterocycles. The van der Waals surface area contributed by atoms with Crippen LogP contribution in [-0.4, -0.2) is 6.54 Å². The molecule has 2 N–H and O–H groups in total. The van der Waals surface area contributed by atoms with Gasteiger partial charge in [-0.2, -0.15) is 0 Å². The van der Waals surface area contributed by atoms with Crippen LogP contribution in [0.25, 0.3) is 0 Å². The van der Waals surface area contributed by atoms with Gasteiger partial charge in [0.05, 0.1) is 0 Å². The Hall–Kier alpha value is -0.0400. The van der Waals surface area contributed by atoms with Crippen molar-refractivity contribution in [3.63, 3.8) is 0 Å². The zero-order valence-corrected chi connectivity index (χ0v) is 7.14. The molecule has 60 valence electrons. The molecule has 0 radical (unpaired) electrons. The highest BCUT2D eigenvalue weighted by atomic mass is 14.6. The molecule has 1 saturated carbocycles. The molecule has 0 saturated heterocycles. The molecule has 0 aromatic rings. The van der Waals surface area contributed by atoms with Gasteiger partial charge in [-0.3, -0.25) is 0 Å². The molecule has 1 nitrogen and oxygen atoms in total. The molecule has 0 aliphatic heterocycles. The lowest BCUT2D eigenvalue weighted by molar-refractivity contribution is 0.224. The summed E-state index contributed by atoms with van der Waals surface area (Å²) in [5.41, 5.74) is 5.63. The van der Waals surface area contributed by atoms with Crippen LogP contribution in [0.5, 0.6) is 0 Å². The number of nitrogens with two attached hydrogens (primary N) is 1. The second-order valence-corrected chi connectivity index (χ2v) is 4.02. The quantitative estimate of drug-likeness (QED) is 0.594. The Bertz CT molecular complexity index is 90.9. The van der Waals surface area contributed by atoms with Gasteiger partial charge in [-0.1, -0.05) is 13.8 Å². The Morgan fingerprint density at radius 1 is 1.10 bits per heavy atom. The summed E-state index contributed by atoms with van der Waals surface area (Å²) in [6.07, 6.45) is 4.14. The molecule has 0 bridgehead atoms. The molecular weight excluding hydrogens is 122 g/mol. The molecule has 0 unspecified atom stereocenters. The van der Waals surface area contributed by atoms with Crippen molar-refractivity contribution in [3.05, 3.63) is 0 Å². The van der Waals surface area contributed by atoms with E-state index < -0.39 is 0 Å². The first-order valence-electron chi connectivity index (χ1n) is 4.42. The average Bonchev–Trinajstić information content (AvgIpc) is 1.85. The Kier molecular flexibility index (Phi) is 2.72. The van der Waals surface area contributed by atoms with Gasteiger partial charge >= 0.3 is 0 Å². The van der Waals surface area contributed by atoms with E-state index in [1.807, 2.05) is 0 Å². The molecule has 1 rings (SSSR count). The van der Waals surface area contributed by atoms with Gasteiger partial charge in [-0.25, -0.2) is 0 Å². The van der Waals surface area contributed by atoms with Gasteiger partial charge < -0.3 is 5.73 Å². The lowest BCUT2D eigenvalue weighted by atomic mass is 9.77. The molecule has 2 atom stereocenters. The first kappa shape index (κ1) is 8.06. The van der Waals surface area contributed by atoms with Crippen molar-refractivity contribution in [3.8, 4) is 0 Å². The summed E-state index contributed by atoms with van der Waals surface area (Å²) in [5.74, 6) is 2.65. The third-order valence-corrected chi connectivity index (χ3v) is 2.61. The summed E-state index contributed by atoms with van der Waals surface area (Å²) < 4.78 is 0. The summed E-state index contributed by atoms with van der Waals surface area (Å²) in [6.45, 7) is 5.59. The summed E-state index contributed by atoms with van der Waals surface area (Å²) in [7, 11) is 0. The molecule has 0 amide bonds. The van der Waals surface area contributed by atoms with E-state index in [0.717, 1.165) is 24.3 Å². The number of hydrogen-bond acceptors (Lipinski definition) is 1. The number of rotatable bonds is 1. The van der Waals surface area contributed by atoms with E-state index >= 15 is 0 Å². The van der Waals surface area contributed by atoms with Crippen LogP contribution in [0, 0.1) is 17.8 Å². The van der Waals surface area contributed by atoms with Crippen LogP contribution in [0.3, 0.4) is 0 Å². The van der Waals surface area contributed by atoms with Gasteiger partial charge in [0.15, 0.2) is 0 Å². The third-order valence-electron chi connectivity index (χ3n) is 2.61. The molecule has 10 heavy (non-hydrogen) atoms. The molecule has 1 fully saturated rings. The highest BCUT2D eigenvalue weighted by Gasteiger charge is 2.22. The van der Waals surface area contributed by atoms with Gasteiger partial charge in [0, 0.05) is 0 Å². The van der Waals surface area contributed by atoms with Gasteiger partial charge in [-0.05, 0) is 43.6 Å². The van der Waals surface area contributed by atoms with E-state index in [9.17, 15) is 0 Å². The summed E-state index contributed by atoms with van der Waals surface area (Å²) in [6, 6.07) is 0. The monoisotopic (exact) mass is 141 g/mol. The minimum Gasteiger partial charge on any atom is -0.330 e. The average molecular weight is 141 g/mol. The normalized spacial score (nSPS) is 41.7. The standard InChI is InChI=1S/C9H19N/c1-7-3-8(2)5-9(4-7)6-10/h7-9H,3-6,10H2,1-2H3/t7-,8-/m1/s1. The van der Waals surface area contributed by atoms with Crippen LogP contribution in [0.2, 0.25) is 0 Å². The molecule has 1 aliphatic rings. The van der Waals surface area contributed by atoms with Gasteiger partial charge in [-0.15, -0.1) is 0 Å². The third kappa shape index (κ3) is 1.98. The first-order chi connectivity index (χ1) is 4.72. The molecule has 1 aliphatic carbocycles. The molecular formula is C9H19N. The van der Waals surface area contributed by atoms with E-state index in [1.54, 1.807) is 0 Å². The lowest BCUT2D eigenvalue weighted by Crippen LogP contribution is -2.25. The minimum atomic E-state index is 0.818. The Morgan fingerprint density at radius 2 is 1.60 bits per heavy atom. The zero-order chi connectivity index (χ0) is 7.56. The maximum absolute atomic E-state index is 5.63. The maximum atomic E-state index is 5.63. The molecule has 0 aromatic carbocycles. The van der Waals surface area contributed by atoms with Crippen molar-refractivity contribution in [2.45, 2.75) is 33.1 Å². The van der Waals surface area contributed by atoms with Gasteiger partial charge in [0.25, 0.3) is 0 Å². The van der Waals surface area contributed by atoms with E-state index in [0.29, 0.717) is 0 Å². The van der Waals surface area contributed by atoms with Gasteiger partial charge in [0.1, 0.15) is 0 Å². The summed E-state index contributed by atoms with van der Waals surface area (Å²) >= 11 is 0. The molecule has 1 heteroatoms. The van der Waals surface area contributed by atoms with E-state index in [-0.39, 0.29) is 0 Å². The number of hydrogen-bond donors (Lipinski definition) is 1. The van der Waals surface area contributed by atoms with Gasteiger partial charge in [0.2, 0.25) is 0 Å². The van der Waals surface area contributed by atoms with Crippen molar-refractivity contribution in [1.82, 2.24) is 0 Å². The summed E-state index contributed by atoms with van der Waals surface area (Å²) in [4.78, 5) is 0. The van der Waals surface area contributed by atoms with Crippen molar-refractivity contribution in [2.75, 3.05) is 6.54 Å². The van der Waals surface area contributed by atoms with Crippen molar-refractivity contribution >= 4 is 0 Å². The highest BCUT2D eigenvalue weighted by molar-refractivity contribution is 4.74. The highest BCUT2D eigenvalue weighted by Crippen LogP contribution is 2.31. The predicted octanol–water partition coefficient (Wildman–Crippen LogP) is 2.02. The maximum Gasteiger partial charge on any atom is -0.00487 e. The second-order valence-electron chi connectivity index (χ2n) is 4.02. The molecule has 0 aromatic heterocycles. The fourth-order valence-electron chi connectivity index (χ4n) is 2.31. The first-order valence-corrected chi connectivity index (χ1v) is 4.42. The van der Waals surface area contributed by atoms with E-state index in [4.69, 9.17) is 5.73 Å². The molecule has 0 spiro atoms. The summed E-state index contributed by atoms with van der Waals surface area (Å²) in [5, 5.41) is 0. The van der Waals surface area contributed by atoms with Crippen LogP contribution < -0.4 is 5.73 Å². The van der Waals surface area contributed by atoms with Crippen molar-refractivity contribution in [1.29, 1.82) is 0 Å². The Balaban J connectivity index is 2.35. The van der Waals surface area contributed by atoms with Crippen molar-refractivity contribution < 1.29 is 0 Å².